The Morgan fingerprint density at radius 3 is 2.83 bits per heavy atom. The molecule has 2 heterocycles. The zero-order valence-electron chi connectivity index (χ0n) is 13.1. The van der Waals surface area contributed by atoms with E-state index >= 15 is 0 Å². The van der Waals surface area contributed by atoms with Gasteiger partial charge in [-0.05, 0) is 31.0 Å². The Kier molecular flexibility index (Phi) is 5.69. The van der Waals surface area contributed by atoms with Crippen molar-refractivity contribution in [3.8, 4) is 11.4 Å². The normalized spacial score (nSPS) is 10.5. The van der Waals surface area contributed by atoms with Crippen LogP contribution in [-0.4, -0.2) is 49.8 Å². The van der Waals surface area contributed by atoms with Gasteiger partial charge in [-0.15, -0.1) is 0 Å². The van der Waals surface area contributed by atoms with Crippen LogP contribution < -0.4 is 5.32 Å². The number of carbonyl (C=O) groups is 2. The van der Waals surface area contributed by atoms with Crippen molar-refractivity contribution in [2.24, 2.45) is 0 Å². The number of nitrogens with zero attached hydrogens (tertiary/aromatic N) is 4. The number of aryl methyl sites for hydroxylation is 1. The van der Waals surface area contributed by atoms with Crippen molar-refractivity contribution in [1.29, 1.82) is 0 Å². The number of imidazole rings is 1. The molecule has 0 aliphatic rings. The summed E-state index contributed by atoms with van der Waals surface area (Å²) in [6.45, 7) is 4.01. The highest BCUT2D eigenvalue weighted by Crippen LogP contribution is 2.21. The summed E-state index contributed by atoms with van der Waals surface area (Å²) in [7, 11) is 0. The van der Waals surface area contributed by atoms with Crippen LogP contribution in [0.3, 0.4) is 0 Å². The zero-order chi connectivity index (χ0) is 17.7. The number of amides is 1. The number of hydrogen-bond donors (Lipinski definition) is 2. The summed E-state index contributed by atoms with van der Waals surface area (Å²) < 4.78 is 6.49. The van der Waals surface area contributed by atoms with Crippen LogP contribution in [0.1, 0.15) is 23.1 Å². The summed E-state index contributed by atoms with van der Waals surface area (Å²) in [5, 5.41) is 10.9. The molecule has 2 rings (SSSR count). The standard InChI is InChI=1S/C14H16ClN5O4/c1-3-24-12(21)11-18-9(7-20(11)5-4-16-14(22)23)10-8(2)6-17-13(15)19-10/h6-7,16H,3-5H2,1-2H3,(H,22,23). The minimum Gasteiger partial charge on any atom is -0.465 e. The first-order valence-electron chi connectivity index (χ1n) is 7.13. The van der Waals surface area contributed by atoms with E-state index in [2.05, 4.69) is 20.3 Å². The van der Waals surface area contributed by atoms with E-state index in [-0.39, 0.29) is 30.8 Å². The van der Waals surface area contributed by atoms with Gasteiger partial charge in [0, 0.05) is 25.5 Å². The smallest absolute Gasteiger partial charge is 0.404 e. The molecule has 9 nitrogen and oxygen atoms in total. The van der Waals surface area contributed by atoms with Crippen molar-refractivity contribution in [3.05, 3.63) is 29.1 Å². The molecule has 2 aromatic heterocycles. The van der Waals surface area contributed by atoms with Gasteiger partial charge in [-0.25, -0.2) is 24.5 Å². The Balaban J connectivity index is 2.37. The SMILES string of the molecule is CCOC(=O)c1nc(-c2nc(Cl)ncc2C)cn1CCNC(=O)O. The summed E-state index contributed by atoms with van der Waals surface area (Å²) in [6.07, 6.45) is 2.01. The van der Waals surface area contributed by atoms with Crippen molar-refractivity contribution in [2.75, 3.05) is 13.2 Å². The van der Waals surface area contributed by atoms with E-state index in [0.717, 1.165) is 5.56 Å². The maximum Gasteiger partial charge on any atom is 0.404 e. The third kappa shape index (κ3) is 4.19. The van der Waals surface area contributed by atoms with Crippen LogP contribution in [0, 0.1) is 6.92 Å². The van der Waals surface area contributed by atoms with Gasteiger partial charge in [0.1, 0.15) is 5.69 Å². The van der Waals surface area contributed by atoms with E-state index in [4.69, 9.17) is 21.4 Å². The summed E-state index contributed by atoms with van der Waals surface area (Å²) in [5.74, 6) is -0.537. The van der Waals surface area contributed by atoms with E-state index in [1.165, 1.54) is 4.57 Å². The van der Waals surface area contributed by atoms with Gasteiger partial charge in [-0.3, -0.25) is 0 Å². The molecule has 0 atom stereocenters. The lowest BCUT2D eigenvalue weighted by atomic mass is 10.2. The summed E-state index contributed by atoms with van der Waals surface area (Å²) in [4.78, 5) is 34.9. The molecule has 0 spiro atoms. The number of aromatic nitrogens is 4. The van der Waals surface area contributed by atoms with Crippen molar-refractivity contribution in [3.63, 3.8) is 0 Å². The minimum absolute atomic E-state index is 0.0631. The zero-order valence-corrected chi connectivity index (χ0v) is 13.9. The van der Waals surface area contributed by atoms with Crippen molar-refractivity contribution in [2.45, 2.75) is 20.4 Å². The van der Waals surface area contributed by atoms with Crippen molar-refractivity contribution >= 4 is 23.7 Å². The highest BCUT2D eigenvalue weighted by molar-refractivity contribution is 6.28. The molecule has 0 aliphatic carbocycles. The van der Waals surface area contributed by atoms with Gasteiger partial charge >= 0.3 is 12.1 Å². The molecule has 128 valence electrons. The number of rotatable bonds is 6. The second kappa shape index (κ2) is 7.73. The maximum absolute atomic E-state index is 12.1. The molecule has 0 fully saturated rings. The molecule has 0 unspecified atom stereocenters. The topological polar surface area (TPSA) is 119 Å². The van der Waals surface area contributed by atoms with E-state index < -0.39 is 12.1 Å². The average Bonchev–Trinajstić information content (AvgIpc) is 2.93. The van der Waals surface area contributed by atoms with E-state index in [1.54, 1.807) is 26.2 Å². The molecule has 0 aromatic carbocycles. The molecule has 0 bridgehead atoms. The number of esters is 1. The summed E-state index contributed by atoms with van der Waals surface area (Å²) in [5.41, 5.74) is 1.66. The molecule has 0 saturated heterocycles. The van der Waals surface area contributed by atoms with Crippen LogP contribution in [0.15, 0.2) is 12.4 Å². The molecule has 24 heavy (non-hydrogen) atoms. The van der Waals surface area contributed by atoms with Crippen LogP contribution in [0.2, 0.25) is 5.28 Å². The average molecular weight is 354 g/mol. The fraction of sp³-hybridized carbons (Fsp3) is 0.357. The highest BCUT2D eigenvalue weighted by atomic mass is 35.5. The van der Waals surface area contributed by atoms with Crippen LogP contribution in [0.25, 0.3) is 11.4 Å². The van der Waals surface area contributed by atoms with Gasteiger partial charge in [0.2, 0.25) is 11.1 Å². The molecule has 0 saturated carbocycles. The molecular formula is C14H16ClN5O4. The minimum atomic E-state index is -1.15. The number of hydrogen-bond acceptors (Lipinski definition) is 6. The van der Waals surface area contributed by atoms with Gasteiger partial charge in [0.25, 0.3) is 0 Å². The molecule has 10 heteroatoms. The number of ether oxygens (including phenoxy) is 1. The van der Waals surface area contributed by atoms with Gasteiger partial charge in [-0.1, -0.05) is 0 Å². The Morgan fingerprint density at radius 2 is 2.17 bits per heavy atom. The monoisotopic (exact) mass is 353 g/mol. The Hall–Kier alpha value is -2.68. The van der Waals surface area contributed by atoms with Crippen LogP contribution in [0.5, 0.6) is 0 Å². The first kappa shape index (κ1) is 17.7. The van der Waals surface area contributed by atoms with E-state index in [9.17, 15) is 9.59 Å². The number of halogens is 1. The third-order valence-electron chi connectivity index (χ3n) is 3.05. The highest BCUT2D eigenvalue weighted by Gasteiger charge is 2.19. The summed E-state index contributed by atoms with van der Waals surface area (Å²) >= 11 is 5.82. The molecule has 2 aromatic rings. The first-order chi connectivity index (χ1) is 11.4. The molecule has 2 N–H and O–H groups in total. The Morgan fingerprint density at radius 1 is 1.42 bits per heavy atom. The fourth-order valence-corrected chi connectivity index (χ4v) is 2.16. The fourth-order valence-electron chi connectivity index (χ4n) is 2.02. The lowest BCUT2D eigenvalue weighted by Gasteiger charge is -2.06. The van der Waals surface area contributed by atoms with Gasteiger partial charge in [0.15, 0.2) is 0 Å². The predicted molar refractivity (Wildman–Crippen MR) is 85.0 cm³/mol. The number of nitrogens with one attached hydrogen (secondary N) is 1. The Labute approximate surface area is 142 Å². The van der Waals surface area contributed by atoms with E-state index in [0.29, 0.717) is 11.4 Å². The lowest BCUT2D eigenvalue weighted by Crippen LogP contribution is -2.26. The molecular weight excluding hydrogens is 338 g/mol. The molecule has 0 radical (unpaired) electrons. The van der Waals surface area contributed by atoms with E-state index in [1.807, 2.05) is 0 Å². The first-order valence-corrected chi connectivity index (χ1v) is 7.50. The van der Waals surface area contributed by atoms with Crippen molar-refractivity contribution in [1.82, 2.24) is 24.8 Å². The molecule has 0 aliphatic heterocycles. The second-order valence-electron chi connectivity index (χ2n) is 4.77. The predicted octanol–water partition coefficient (Wildman–Crippen LogP) is 1.75. The lowest BCUT2D eigenvalue weighted by molar-refractivity contribution is 0.0506. The summed E-state index contributed by atoms with van der Waals surface area (Å²) in [6, 6.07) is 0. The quantitative estimate of drug-likeness (QED) is 0.599. The van der Waals surface area contributed by atoms with Gasteiger partial charge < -0.3 is 19.7 Å². The third-order valence-corrected chi connectivity index (χ3v) is 3.23. The number of carboxylic acid groups (broad SMARTS) is 1. The Bertz CT molecular complexity index is 762. The van der Waals surface area contributed by atoms with Crippen LogP contribution >= 0.6 is 11.6 Å². The van der Waals surface area contributed by atoms with Crippen molar-refractivity contribution < 1.29 is 19.4 Å². The van der Waals surface area contributed by atoms with Gasteiger partial charge in [-0.2, -0.15) is 0 Å². The maximum atomic E-state index is 12.1. The van der Waals surface area contributed by atoms with Crippen LogP contribution in [0.4, 0.5) is 4.79 Å². The number of carbonyl (C=O) groups excluding carboxylic acids is 1. The second-order valence-corrected chi connectivity index (χ2v) is 5.10. The molecule has 1 amide bonds. The van der Waals surface area contributed by atoms with Crippen LogP contribution in [-0.2, 0) is 11.3 Å². The van der Waals surface area contributed by atoms with Gasteiger partial charge in [0.05, 0.1) is 12.3 Å². The largest absolute Gasteiger partial charge is 0.465 e.